The lowest BCUT2D eigenvalue weighted by molar-refractivity contribution is -0.132. The van der Waals surface area contributed by atoms with E-state index in [9.17, 15) is 4.79 Å². The van der Waals surface area contributed by atoms with Crippen LogP contribution in [0.1, 0.15) is 35.6 Å². The van der Waals surface area contributed by atoms with Crippen molar-refractivity contribution in [2.75, 3.05) is 14.2 Å². The molecule has 0 bridgehead atoms. The fourth-order valence-corrected chi connectivity index (χ4v) is 3.99. The molecule has 0 radical (unpaired) electrons. The molecule has 0 fully saturated rings. The summed E-state index contributed by atoms with van der Waals surface area (Å²) >= 11 is 3.49. The van der Waals surface area contributed by atoms with Crippen molar-refractivity contribution in [3.05, 3.63) is 63.6 Å². The van der Waals surface area contributed by atoms with E-state index in [0.717, 1.165) is 35.0 Å². The van der Waals surface area contributed by atoms with E-state index in [2.05, 4.69) is 40.2 Å². The molecule has 1 unspecified atom stereocenters. The molecule has 1 amide bonds. The molecule has 126 valence electrons. The van der Waals surface area contributed by atoms with Crippen molar-refractivity contribution in [1.82, 2.24) is 4.90 Å². The van der Waals surface area contributed by atoms with Crippen molar-refractivity contribution >= 4 is 21.8 Å². The SMILES string of the molecule is COc1ccc(CCC(=O)N(C)C2CCc3ccccc32)cc1Br. The molecule has 3 nitrogen and oxygen atoms in total. The minimum atomic E-state index is 0.198. The number of carbonyl (C=O) groups is 1. The number of methoxy groups -OCH3 is 1. The van der Waals surface area contributed by atoms with Gasteiger partial charge in [0.1, 0.15) is 5.75 Å². The number of halogens is 1. The second-order valence-electron chi connectivity index (χ2n) is 6.23. The number of nitrogens with zero attached hydrogens (tertiary/aromatic N) is 1. The van der Waals surface area contributed by atoms with Crippen molar-refractivity contribution in [1.29, 1.82) is 0 Å². The highest BCUT2D eigenvalue weighted by molar-refractivity contribution is 9.10. The van der Waals surface area contributed by atoms with E-state index in [-0.39, 0.29) is 11.9 Å². The van der Waals surface area contributed by atoms with Crippen molar-refractivity contribution in [3.8, 4) is 5.75 Å². The Morgan fingerprint density at radius 3 is 2.83 bits per heavy atom. The fraction of sp³-hybridized carbons (Fsp3) is 0.350. The molecule has 1 aliphatic carbocycles. The van der Waals surface area contributed by atoms with Gasteiger partial charge in [-0.25, -0.2) is 0 Å². The van der Waals surface area contributed by atoms with Crippen LogP contribution in [0.4, 0.5) is 0 Å². The number of ether oxygens (including phenoxy) is 1. The summed E-state index contributed by atoms with van der Waals surface area (Å²) in [6.07, 6.45) is 3.34. The number of carbonyl (C=O) groups excluding carboxylic acids is 1. The molecule has 1 aliphatic rings. The Morgan fingerprint density at radius 2 is 2.08 bits per heavy atom. The second kappa shape index (κ2) is 7.39. The maximum absolute atomic E-state index is 12.6. The molecular weight excluding hydrogens is 366 g/mol. The van der Waals surface area contributed by atoms with Gasteiger partial charge in [0.2, 0.25) is 5.91 Å². The Labute approximate surface area is 151 Å². The standard InChI is InChI=1S/C20H22BrNO2/c1-22(18-10-9-15-5-3-4-6-16(15)18)20(23)12-8-14-7-11-19(24-2)17(21)13-14/h3-7,11,13,18H,8-10,12H2,1-2H3. The highest BCUT2D eigenvalue weighted by Crippen LogP contribution is 2.35. The molecule has 2 aromatic carbocycles. The van der Waals surface area contributed by atoms with Crippen LogP contribution >= 0.6 is 15.9 Å². The Kier molecular flexibility index (Phi) is 5.24. The van der Waals surface area contributed by atoms with E-state index in [0.29, 0.717) is 6.42 Å². The van der Waals surface area contributed by atoms with Crippen LogP contribution in [0, 0.1) is 0 Å². The van der Waals surface area contributed by atoms with Gasteiger partial charge in [0.25, 0.3) is 0 Å². The third-order valence-corrected chi connectivity index (χ3v) is 5.43. The monoisotopic (exact) mass is 387 g/mol. The average molecular weight is 388 g/mol. The Hall–Kier alpha value is -1.81. The molecule has 0 saturated carbocycles. The zero-order valence-corrected chi connectivity index (χ0v) is 15.7. The highest BCUT2D eigenvalue weighted by Gasteiger charge is 2.27. The normalized spacial score (nSPS) is 15.9. The van der Waals surface area contributed by atoms with Gasteiger partial charge >= 0.3 is 0 Å². The molecular formula is C20H22BrNO2. The zero-order valence-electron chi connectivity index (χ0n) is 14.1. The van der Waals surface area contributed by atoms with E-state index >= 15 is 0 Å². The van der Waals surface area contributed by atoms with Crippen LogP contribution in [0.15, 0.2) is 46.9 Å². The molecule has 0 spiro atoms. The number of hydrogen-bond acceptors (Lipinski definition) is 2. The molecule has 0 heterocycles. The molecule has 24 heavy (non-hydrogen) atoms. The first-order chi connectivity index (χ1) is 11.6. The third kappa shape index (κ3) is 3.48. The zero-order chi connectivity index (χ0) is 17.1. The smallest absolute Gasteiger partial charge is 0.223 e. The molecule has 0 aliphatic heterocycles. The van der Waals surface area contributed by atoms with Crippen molar-refractivity contribution in [2.24, 2.45) is 0 Å². The predicted octanol–water partition coefficient (Wildman–Crippen LogP) is 4.54. The summed E-state index contributed by atoms with van der Waals surface area (Å²) in [5, 5.41) is 0. The van der Waals surface area contributed by atoms with Crippen LogP contribution in [0.2, 0.25) is 0 Å². The summed E-state index contributed by atoms with van der Waals surface area (Å²) in [6, 6.07) is 14.6. The van der Waals surface area contributed by atoms with Gasteiger partial charge in [-0.15, -0.1) is 0 Å². The molecule has 1 atom stereocenters. The Morgan fingerprint density at radius 1 is 1.29 bits per heavy atom. The molecule has 4 heteroatoms. The van der Waals surface area contributed by atoms with E-state index in [4.69, 9.17) is 4.74 Å². The second-order valence-corrected chi connectivity index (χ2v) is 7.08. The van der Waals surface area contributed by atoms with Crippen LogP contribution in [0.5, 0.6) is 5.75 Å². The van der Waals surface area contributed by atoms with Gasteiger partial charge in [-0.2, -0.15) is 0 Å². The first kappa shape index (κ1) is 17.0. The average Bonchev–Trinajstić information content (AvgIpc) is 3.03. The first-order valence-electron chi connectivity index (χ1n) is 8.26. The van der Waals surface area contributed by atoms with Crippen molar-refractivity contribution in [3.63, 3.8) is 0 Å². The van der Waals surface area contributed by atoms with Gasteiger partial charge in [0.15, 0.2) is 0 Å². The molecule has 0 saturated heterocycles. The quantitative estimate of drug-likeness (QED) is 0.753. The lowest BCUT2D eigenvalue weighted by Crippen LogP contribution is -2.30. The van der Waals surface area contributed by atoms with Crippen LogP contribution in [0.25, 0.3) is 0 Å². The summed E-state index contributed by atoms with van der Waals surface area (Å²) in [7, 11) is 3.58. The number of aryl methyl sites for hydroxylation is 2. The lowest BCUT2D eigenvalue weighted by Gasteiger charge is -2.25. The van der Waals surface area contributed by atoms with E-state index in [1.165, 1.54) is 11.1 Å². The summed E-state index contributed by atoms with van der Waals surface area (Å²) in [6.45, 7) is 0. The number of benzene rings is 2. The number of amides is 1. The fourth-order valence-electron chi connectivity index (χ4n) is 3.40. The summed E-state index contributed by atoms with van der Waals surface area (Å²) in [4.78, 5) is 14.5. The van der Waals surface area contributed by atoms with E-state index < -0.39 is 0 Å². The minimum absolute atomic E-state index is 0.198. The molecule has 0 N–H and O–H groups in total. The maximum atomic E-state index is 12.6. The van der Waals surface area contributed by atoms with Crippen LogP contribution < -0.4 is 4.74 Å². The predicted molar refractivity (Wildman–Crippen MR) is 99.3 cm³/mol. The Bertz CT molecular complexity index is 744. The van der Waals surface area contributed by atoms with E-state index in [1.54, 1.807) is 7.11 Å². The van der Waals surface area contributed by atoms with Gasteiger partial charge < -0.3 is 9.64 Å². The van der Waals surface area contributed by atoms with E-state index in [1.807, 2.05) is 30.1 Å². The van der Waals surface area contributed by atoms with Gasteiger partial charge in [-0.1, -0.05) is 30.3 Å². The van der Waals surface area contributed by atoms with Crippen LogP contribution in [-0.4, -0.2) is 25.0 Å². The number of hydrogen-bond donors (Lipinski definition) is 0. The molecule has 3 rings (SSSR count). The molecule has 0 aromatic heterocycles. The van der Waals surface area contributed by atoms with Crippen molar-refractivity contribution < 1.29 is 9.53 Å². The lowest BCUT2D eigenvalue weighted by atomic mass is 10.1. The van der Waals surface area contributed by atoms with Crippen molar-refractivity contribution in [2.45, 2.75) is 31.7 Å². The first-order valence-corrected chi connectivity index (χ1v) is 9.05. The van der Waals surface area contributed by atoms with Gasteiger partial charge in [0.05, 0.1) is 17.6 Å². The number of rotatable bonds is 5. The number of fused-ring (bicyclic) bond motifs is 1. The highest BCUT2D eigenvalue weighted by atomic mass is 79.9. The summed E-state index contributed by atoms with van der Waals surface area (Å²) < 4.78 is 6.17. The Balaban J connectivity index is 1.62. The third-order valence-electron chi connectivity index (χ3n) is 4.81. The minimum Gasteiger partial charge on any atom is -0.496 e. The van der Waals surface area contributed by atoms with Gasteiger partial charge in [-0.05, 0) is 64.0 Å². The topological polar surface area (TPSA) is 29.5 Å². The summed E-state index contributed by atoms with van der Waals surface area (Å²) in [5.41, 5.74) is 3.82. The maximum Gasteiger partial charge on any atom is 0.223 e. The van der Waals surface area contributed by atoms with Crippen LogP contribution in [0.3, 0.4) is 0 Å². The molecule has 2 aromatic rings. The summed E-state index contributed by atoms with van der Waals surface area (Å²) in [5.74, 6) is 1.01. The van der Waals surface area contributed by atoms with Gasteiger partial charge in [0, 0.05) is 13.5 Å². The van der Waals surface area contributed by atoms with Crippen LogP contribution in [-0.2, 0) is 17.6 Å². The largest absolute Gasteiger partial charge is 0.496 e. The van der Waals surface area contributed by atoms with Gasteiger partial charge in [-0.3, -0.25) is 4.79 Å².